The molecule has 0 saturated heterocycles. The van der Waals surface area contributed by atoms with Gasteiger partial charge in [-0.1, -0.05) is 30.3 Å². The van der Waals surface area contributed by atoms with Gasteiger partial charge in [0.25, 0.3) is 6.47 Å². The summed E-state index contributed by atoms with van der Waals surface area (Å²) in [5, 5.41) is 9.73. The first-order valence-electron chi connectivity index (χ1n) is 5.13. The van der Waals surface area contributed by atoms with E-state index in [9.17, 15) is 4.79 Å². The van der Waals surface area contributed by atoms with E-state index in [0.29, 0.717) is 12.2 Å². The van der Waals surface area contributed by atoms with Crippen LogP contribution in [-0.4, -0.2) is 16.7 Å². The van der Waals surface area contributed by atoms with Crippen LogP contribution in [0.15, 0.2) is 42.6 Å². The number of benzene rings is 1. The molecule has 0 atom stereocenters. The molecule has 0 radical (unpaired) electrons. The molecule has 3 rings (SSSR count). The number of hydrogen-bond donors (Lipinski definition) is 0. The average molecular weight is 224 g/mol. The zero-order chi connectivity index (χ0) is 11.7. The maximum Gasteiger partial charge on any atom is 0.298 e. The Bertz CT molecular complexity index is 667. The van der Waals surface area contributed by atoms with Gasteiger partial charge in [0.15, 0.2) is 0 Å². The molecular formula is C13H8N2O2. The van der Waals surface area contributed by atoms with Crippen molar-refractivity contribution in [3.8, 4) is 17.0 Å². The highest BCUT2D eigenvalue weighted by Crippen LogP contribution is 2.33. The number of aromatic nitrogens is 2. The second-order valence-electron chi connectivity index (χ2n) is 3.61. The number of ether oxygens (including phenoxy) is 1. The van der Waals surface area contributed by atoms with Gasteiger partial charge >= 0.3 is 0 Å². The Morgan fingerprint density at radius 3 is 2.76 bits per heavy atom. The van der Waals surface area contributed by atoms with Crippen molar-refractivity contribution in [3.63, 3.8) is 0 Å². The van der Waals surface area contributed by atoms with Crippen LogP contribution in [0, 0.1) is 0 Å². The third-order valence-electron chi connectivity index (χ3n) is 2.65. The van der Waals surface area contributed by atoms with Crippen molar-refractivity contribution in [2.45, 2.75) is 0 Å². The van der Waals surface area contributed by atoms with Crippen LogP contribution in [-0.2, 0) is 4.79 Å². The Morgan fingerprint density at radius 1 is 1.12 bits per heavy atom. The minimum absolute atomic E-state index is 0.421. The van der Waals surface area contributed by atoms with E-state index >= 15 is 0 Å². The number of carbonyl (C=O) groups excluding carboxylic acids is 1. The molecule has 4 heteroatoms. The van der Waals surface area contributed by atoms with E-state index in [0.717, 1.165) is 22.0 Å². The highest BCUT2D eigenvalue weighted by Gasteiger charge is 2.12. The molecule has 82 valence electrons. The molecule has 0 unspecified atom stereocenters. The fraction of sp³-hybridized carbons (Fsp3) is 0. The van der Waals surface area contributed by atoms with E-state index in [2.05, 4.69) is 10.2 Å². The lowest BCUT2D eigenvalue weighted by Gasteiger charge is -2.03. The Labute approximate surface area is 97.2 Å². The molecular weight excluding hydrogens is 216 g/mol. The number of rotatable bonds is 2. The van der Waals surface area contributed by atoms with Gasteiger partial charge in [0.05, 0.1) is 11.6 Å². The molecule has 0 saturated carbocycles. The highest BCUT2D eigenvalue weighted by molar-refractivity contribution is 5.99. The fourth-order valence-corrected chi connectivity index (χ4v) is 1.93. The van der Waals surface area contributed by atoms with Gasteiger partial charge in [0, 0.05) is 5.56 Å². The van der Waals surface area contributed by atoms with Crippen molar-refractivity contribution in [1.82, 2.24) is 10.2 Å². The molecule has 0 fully saturated rings. The molecule has 17 heavy (non-hydrogen) atoms. The largest absolute Gasteiger partial charge is 0.428 e. The fourth-order valence-electron chi connectivity index (χ4n) is 1.93. The van der Waals surface area contributed by atoms with Crippen LogP contribution >= 0.6 is 0 Å². The summed E-state index contributed by atoms with van der Waals surface area (Å²) in [6, 6.07) is 11.3. The smallest absolute Gasteiger partial charge is 0.298 e. The summed E-state index contributed by atoms with van der Waals surface area (Å²) in [5.74, 6) is 0.499. The topological polar surface area (TPSA) is 52.1 Å². The van der Waals surface area contributed by atoms with Gasteiger partial charge in [-0.05, 0) is 11.5 Å². The number of nitrogens with zero attached hydrogens (tertiary/aromatic N) is 2. The predicted octanol–water partition coefficient (Wildman–Crippen LogP) is 2.27. The second-order valence-corrected chi connectivity index (χ2v) is 3.61. The van der Waals surface area contributed by atoms with Gasteiger partial charge < -0.3 is 4.74 Å². The molecule has 0 N–H and O–H groups in total. The third kappa shape index (κ3) is 1.50. The minimum atomic E-state index is 0.421. The Morgan fingerprint density at radius 2 is 1.94 bits per heavy atom. The van der Waals surface area contributed by atoms with Crippen molar-refractivity contribution in [3.05, 3.63) is 42.6 Å². The summed E-state index contributed by atoms with van der Waals surface area (Å²) in [4.78, 5) is 10.5. The normalized spacial score (nSPS) is 10.6. The monoisotopic (exact) mass is 224 g/mol. The summed E-state index contributed by atoms with van der Waals surface area (Å²) < 4.78 is 4.99. The van der Waals surface area contributed by atoms with E-state index in [1.807, 2.05) is 30.3 Å². The lowest BCUT2D eigenvalue weighted by atomic mass is 10.1. The van der Waals surface area contributed by atoms with Gasteiger partial charge in [-0.15, -0.1) is 5.10 Å². The second kappa shape index (κ2) is 3.83. The number of carbonyl (C=O) groups is 1. The van der Waals surface area contributed by atoms with E-state index in [4.69, 9.17) is 4.74 Å². The van der Waals surface area contributed by atoms with E-state index in [1.165, 1.54) is 0 Å². The Balaban J connectivity index is 2.46. The van der Waals surface area contributed by atoms with Crippen LogP contribution in [0.25, 0.3) is 22.0 Å². The zero-order valence-corrected chi connectivity index (χ0v) is 8.83. The lowest BCUT2D eigenvalue weighted by molar-refractivity contribution is -0.120. The first-order valence-corrected chi connectivity index (χ1v) is 5.13. The van der Waals surface area contributed by atoms with Crippen LogP contribution in [0.1, 0.15) is 0 Å². The van der Waals surface area contributed by atoms with E-state index in [1.54, 1.807) is 12.3 Å². The molecule has 0 aromatic heterocycles. The van der Waals surface area contributed by atoms with E-state index < -0.39 is 0 Å². The first-order chi connectivity index (χ1) is 8.40. The lowest BCUT2D eigenvalue weighted by Crippen LogP contribution is -1.90. The van der Waals surface area contributed by atoms with Crippen molar-refractivity contribution in [2.24, 2.45) is 0 Å². The zero-order valence-electron chi connectivity index (χ0n) is 8.83. The van der Waals surface area contributed by atoms with Crippen LogP contribution in [0.2, 0.25) is 0 Å². The van der Waals surface area contributed by atoms with Crippen molar-refractivity contribution < 1.29 is 9.53 Å². The molecule has 1 aromatic rings. The molecule has 1 aliphatic carbocycles. The molecule has 0 amide bonds. The van der Waals surface area contributed by atoms with Gasteiger partial charge in [-0.2, -0.15) is 5.10 Å². The van der Waals surface area contributed by atoms with E-state index in [-0.39, 0.29) is 0 Å². The summed E-state index contributed by atoms with van der Waals surface area (Å²) in [6.45, 7) is 0.421. The van der Waals surface area contributed by atoms with Crippen LogP contribution in [0.5, 0.6) is 5.75 Å². The third-order valence-corrected chi connectivity index (χ3v) is 2.65. The standard InChI is InChI=1S/C13H8N2O2/c16-8-17-11-6-2-4-9-3-1-5-10-7-14-15-13(10)12(9)11/h1-8H. The number of fused-ring (bicyclic) bond motifs is 3. The summed E-state index contributed by atoms with van der Waals surface area (Å²) in [5.41, 5.74) is 1.66. The minimum Gasteiger partial charge on any atom is -0.428 e. The molecule has 1 aliphatic heterocycles. The summed E-state index contributed by atoms with van der Waals surface area (Å²) >= 11 is 0. The first kappa shape index (κ1) is 9.72. The van der Waals surface area contributed by atoms with Gasteiger partial charge in [-0.25, -0.2) is 0 Å². The van der Waals surface area contributed by atoms with Gasteiger partial charge in [-0.3, -0.25) is 4.79 Å². The average Bonchev–Trinajstić information content (AvgIpc) is 2.71. The van der Waals surface area contributed by atoms with Crippen LogP contribution in [0.3, 0.4) is 0 Å². The predicted molar refractivity (Wildman–Crippen MR) is 62.9 cm³/mol. The van der Waals surface area contributed by atoms with Crippen molar-refractivity contribution in [1.29, 1.82) is 0 Å². The van der Waals surface area contributed by atoms with Crippen molar-refractivity contribution in [2.75, 3.05) is 0 Å². The molecule has 0 bridgehead atoms. The summed E-state index contributed by atoms with van der Waals surface area (Å²) in [6.07, 6.45) is 1.69. The van der Waals surface area contributed by atoms with Gasteiger partial charge in [0.1, 0.15) is 11.4 Å². The molecule has 0 spiro atoms. The molecule has 1 aromatic carbocycles. The Hall–Kier alpha value is -2.49. The van der Waals surface area contributed by atoms with Crippen LogP contribution in [0.4, 0.5) is 0 Å². The van der Waals surface area contributed by atoms with Crippen LogP contribution < -0.4 is 4.74 Å². The maximum atomic E-state index is 10.5. The quantitative estimate of drug-likeness (QED) is 0.626. The highest BCUT2D eigenvalue weighted by atomic mass is 16.5. The van der Waals surface area contributed by atoms with Crippen molar-refractivity contribution >= 4 is 17.2 Å². The maximum absolute atomic E-state index is 10.5. The molecule has 1 heterocycles. The molecule has 4 nitrogen and oxygen atoms in total. The SMILES string of the molecule is O=COc1cccc2cccc3cnnc-3c12. The Kier molecular flexibility index (Phi) is 2.19. The molecule has 2 aliphatic rings. The van der Waals surface area contributed by atoms with Gasteiger partial charge in [0.2, 0.25) is 0 Å². The summed E-state index contributed by atoms with van der Waals surface area (Å²) in [7, 11) is 0. The number of hydrogen-bond acceptors (Lipinski definition) is 4.